The van der Waals surface area contributed by atoms with Crippen molar-refractivity contribution >= 4 is 40.4 Å². The standard InChI is InChI=1S/C16H11ClN2O2/c17-11-5-7-12(8-6-11)18-15(20)9-10-16-19-13-3-1-2-4-14(13)21-16/h1-10H,(H,18,20)/b10-9+. The van der Waals surface area contributed by atoms with Crippen molar-refractivity contribution in [3.63, 3.8) is 0 Å². The van der Waals surface area contributed by atoms with E-state index in [1.807, 2.05) is 24.3 Å². The zero-order valence-electron chi connectivity index (χ0n) is 10.9. The first-order chi connectivity index (χ1) is 10.2. The van der Waals surface area contributed by atoms with Crippen molar-refractivity contribution in [2.75, 3.05) is 5.32 Å². The lowest BCUT2D eigenvalue weighted by Gasteiger charge is -2.00. The van der Waals surface area contributed by atoms with Crippen LogP contribution in [0.1, 0.15) is 5.89 Å². The first-order valence-electron chi connectivity index (χ1n) is 6.31. The fraction of sp³-hybridized carbons (Fsp3) is 0. The number of carbonyl (C=O) groups is 1. The average Bonchev–Trinajstić information content (AvgIpc) is 2.90. The zero-order chi connectivity index (χ0) is 14.7. The molecule has 0 atom stereocenters. The molecule has 1 N–H and O–H groups in total. The molecule has 0 aliphatic heterocycles. The van der Waals surface area contributed by atoms with Gasteiger partial charge in [0.15, 0.2) is 5.58 Å². The number of amides is 1. The van der Waals surface area contributed by atoms with Crippen LogP contribution in [0.25, 0.3) is 17.2 Å². The topological polar surface area (TPSA) is 55.1 Å². The minimum atomic E-state index is -0.264. The predicted molar refractivity (Wildman–Crippen MR) is 83.1 cm³/mol. The van der Waals surface area contributed by atoms with Crippen LogP contribution in [0.2, 0.25) is 5.02 Å². The van der Waals surface area contributed by atoms with E-state index >= 15 is 0 Å². The summed E-state index contributed by atoms with van der Waals surface area (Å²) in [5, 5.41) is 3.34. The van der Waals surface area contributed by atoms with Crippen LogP contribution in [0.5, 0.6) is 0 Å². The Kier molecular flexibility index (Phi) is 3.71. The Morgan fingerprint density at radius 2 is 1.90 bits per heavy atom. The molecule has 0 radical (unpaired) electrons. The minimum Gasteiger partial charge on any atom is -0.437 e. The number of hydrogen-bond donors (Lipinski definition) is 1. The van der Waals surface area contributed by atoms with Crippen LogP contribution in [-0.2, 0) is 4.79 Å². The van der Waals surface area contributed by atoms with Crippen molar-refractivity contribution < 1.29 is 9.21 Å². The summed E-state index contributed by atoms with van der Waals surface area (Å²) in [4.78, 5) is 16.0. The number of nitrogens with one attached hydrogen (secondary N) is 1. The quantitative estimate of drug-likeness (QED) is 0.740. The van der Waals surface area contributed by atoms with E-state index in [2.05, 4.69) is 10.3 Å². The molecule has 5 heteroatoms. The SMILES string of the molecule is O=C(/C=C/c1nc2ccccc2o1)Nc1ccc(Cl)cc1. The van der Waals surface area contributed by atoms with Gasteiger partial charge < -0.3 is 9.73 Å². The number of rotatable bonds is 3. The van der Waals surface area contributed by atoms with E-state index in [9.17, 15) is 4.79 Å². The molecule has 0 saturated heterocycles. The highest BCUT2D eigenvalue weighted by Crippen LogP contribution is 2.16. The Hall–Kier alpha value is -2.59. The van der Waals surface area contributed by atoms with E-state index in [0.29, 0.717) is 22.2 Å². The number of fused-ring (bicyclic) bond motifs is 1. The third-order valence-electron chi connectivity index (χ3n) is 2.80. The maximum absolute atomic E-state index is 11.8. The Labute approximate surface area is 126 Å². The van der Waals surface area contributed by atoms with Crippen molar-refractivity contribution in [3.8, 4) is 0 Å². The van der Waals surface area contributed by atoms with Gasteiger partial charge in [-0.2, -0.15) is 0 Å². The Bertz CT molecular complexity index is 774. The number of halogens is 1. The molecule has 0 fully saturated rings. The van der Waals surface area contributed by atoms with Crippen molar-refractivity contribution in [1.82, 2.24) is 4.98 Å². The summed E-state index contributed by atoms with van der Waals surface area (Å²) in [6, 6.07) is 14.3. The molecule has 3 aromatic rings. The molecule has 104 valence electrons. The third-order valence-corrected chi connectivity index (χ3v) is 3.05. The highest BCUT2D eigenvalue weighted by atomic mass is 35.5. The van der Waals surface area contributed by atoms with Gasteiger partial charge in [0, 0.05) is 22.9 Å². The molecule has 0 aliphatic rings. The van der Waals surface area contributed by atoms with Gasteiger partial charge in [0.05, 0.1) is 0 Å². The summed E-state index contributed by atoms with van der Waals surface area (Å²) >= 11 is 5.78. The first-order valence-corrected chi connectivity index (χ1v) is 6.69. The maximum Gasteiger partial charge on any atom is 0.248 e. The molecular formula is C16H11ClN2O2. The van der Waals surface area contributed by atoms with Gasteiger partial charge in [-0.05, 0) is 36.4 Å². The average molecular weight is 299 g/mol. The van der Waals surface area contributed by atoms with Gasteiger partial charge in [0.25, 0.3) is 0 Å². The van der Waals surface area contributed by atoms with E-state index in [0.717, 1.165) is 5.52 Å². The van der Waals surface area contributed by atoms with Crippen LogP contribution >= 0.6 is 11.6 Å². The van der Waals surface area contributed by atoms with Gasteiger partial charge in [-0.1, -0.05) is 23.7 Å². The highest BCUT2D eigenvalue weighted by molar-refractivity contribution is 6.30. The number of benzene rings is 2. The molecule has 2 aromatic carbocycles. The Morgan fingerprint density at radius 3 is 2.67 bits per heavy atom. The van der Waals surface area contributed by atoms with E-state index in [4.69, 9.17) is 16.0 Å². The van der Waals surface area contributed by atoms with E-state index in [1.54, 1.807) is 24.3 Å². The van der Waals surface area contributed by atoms with Gasteiger partial charge in [-0.3, -0.25) is 4.79 Å². The van der Waals surface area contributed by atoms with Crippen molar-refractivity contribution in [1.29, 1.82) is 0 Å². The van der Waals surface area contributed by atoms with Crippen LogP contribution in [0, 0.1) is 0 Å². The van der Waals surface area contributed by atoms with Crippen LogP contribution in [0.3, 0.4) is 0 Å². The van der Waals surface area contributed by atoms with E-state index < -0.39 is 0 Å². The molecule has 3 rings (SSSR count). The molecule has 4 nitrogen and oxygen atoms in total. The Balaban J connectivity index is 1.70. The number of para-hydroxylation sites is 2. The normalized spacial score (nSPS) is 11.1. The van der Waals surface area contributed by atoms with Gasteiger partial charge in [0.1, 0.15) is 5.52 Å². The molecule has 1 aromatic heterocycles. The summed E-state index contributed by atoms with van der Waals surface area (Å²) in [5.74, 6) is 0.127. The summed E-state index contributed by atoms with van der Waals surface area (Å²) in [7, 11) is 0. The smallest absolute Gasteiger partial charge is 0.248 e. The van der Waals surface area contributed by atoms with Gasteiger partial charge >= 0.3 is 0 Å². The minimum absolute atomic E-state index is 0.264. The molecule has 21 heavy (non-hydrogen) atoms. The molecule has 0 saturated carbocycles. The number of nitrogens with zero attached hydrogens (tertiary/aromatic N) is 1. The lowest BCUT2D eigenvalue weighted by Crippen LogP contribution is -2.07. The van der Waals surface area contributed by atoms with Gasteiger partial charge in [-0.25, -0.2) is 4.98 Å². The number of hydrogen-bond acceptors (Lipinski definition) is 3. The molecule has 1 amide bonds. The second-order valence-corrected chi connectivity index (χ2v) is 4.79. The molecular weight excluding hydrogens is 288 g/mol. The highest BCUT2D eigenvalue weighted by Gasteiger charge is 2.02. The zero-order valence-corrected chi connectivity index (χ0v) is 11.7. The summed E-state index contributed by atoms with van der Waals surface area (Å²) in [6.45, 7) is 0. The van der Waals surface area contributed by atoms with Crippen LogP contribution in [0.4, 0.5) is 5.69 Å². The van der Waals surface area contributed by atoms with E-state index in [-0.39, 0.29) is 5.91 Å². The van der Waals surface area contributed by atoms with Crippen LogP contribution in [0.15, 0.2) is 59.0 Å². The second kappa shape index (κ2) is 5.81. The van der Waals surface area contributed by atoms with Gasteiger partial charge in [-0.15, -0.1) is 0 Å². The fourth-order valence-corrected chi connectivity index (χ4v) is 1.95. The lowest BCUT2D eigenvalue weighted by atomic mass is 10.3. The number of oxazole rings is 1. The maximum atomic E-state index is 11.8. The number of carbonyl (C=O) groups excluding carboxylic acids is 1. The van der Waals surface area contributed by atoms with Crippen molar-refractivity contribution in [2.24, 2.45) is 0 Å². The molecule has 1 heterocycles. The summed E-state index contributed by atoms with van der Waals surface area (Å²) in [6.07, 6.45) is 2.91. The summed E-state index contributed by atoms with van der Waals surface area (Å²) in [5.41, 5.74) is 2.12. The monoisotopic (exact) mass is 298 g/mol. The third kappa shape index (κ3) is 3.30. The molecule has 0 aliphatic carbocycles. The van der Waals surface area contributed by atoms with Crippen LogP contribution < -0.4 is 5.32 Å². The largest absolute Gasteiger partial charge is 0.437 e. The number of anilines is 1. The predicted octanol–water partition coefficient (Wildman–Crippen LogP) is 4.13. The van der Waals surface area contributed by atoms with E-state index in [1.165, 1.54) is 12.2 Å². The molecule has 0 bridgehead atoms. The lowest BCUT2D eigenvalue weighted by molar-refractivity contribution is -0.111. The Morgan fingerprint density at radius 1 is 1.14 bits per heavy atom. The van der Waals surface area contributed by atoms with Crippen molar-refractivity contribution in [3.05, 3.63) is 65.5 Å². The van der Waals surface area contributed by atoms with Gasteiger partial charge in [0.2, 0.25) is 11.8 Å². The second-order valence-electron chi connectivity index (χ2n) is 4.35. The molecule has 0 unspecified atom stereocenters. The number of aromatic nitrogens is 1. The summed E-state index contributed by atoms with van der Waals surface area (Å²) < 4.78 is 5.49. The fourth-order valence-electron chi connectivity index (χ4n) is 1.83. The first kappa shape index (κ1) is 13.4. The van der Waals surface area contributed by atoms with Crippen LogP contribution in [-0.4, -0.2) is 10.9 Å². The molecule has 0 spiro atoms. The van der Waals surface area contributed by atoms with Crippen molar-refractivity contribution in [2.45, 2.75) is 0 Å².